The van der Waals surface area contributed by atoms with Crippen molar-refractivity contribution in [3.8, 4) is 5.69 Å². The number of carbonyl (C=O) groups is 1. The van der Waals surface area contributed by atoms with Crippen molar-refractivity contribution in [3.63, 3.8) is 0 Å². The Morgan fingerprint density at radius 3 is 2.61 bits per heavy atom. The van der Waals surface area contributed by atoms with E-state index in [2.05, 4.69) is 15.6 Å². The van der Waals surface area contributed by atoms with Gasteiger partial charge in [0.15, 0.2) is 0 Å². The number of aromatic nitrogens is 3. The number of hydrogen-bond donors (Lipinski definition) is 2. The number of hydrogen-bond acceptors (Lipinski definition) is 4. The zero-order valence-electron chi connectivity index (χ0n) is 13.1. The quantitative estimate of drug-likeness (QED) is 0.884. The zero-order chi connectivity index (χ0) is 16.1. The van der Waals surface area contributed by atoms with Crippen molar-refractivity contribution >= 4 is 5.91 Å². The molecule has 0 bridgehead atoms. The van der Waals surface area contributed by atoms with Crippen LogP contribution >= 0.6 is 0 Å². The highest BCUT2D eigenvalue weighted by atomic mass is 16.3. The van der Waals surface area contributed by atoms with Gasteiger partial charge in [0.2, 0.25) is 5.91 Å². The molecule has 0 atom stereocenters. The van der Waals surface area contributed by atoms with Gasteiger partial charge in [-0.25, -0.2) is 4.68 Å². The Hall–Kier alpha value is -2.21. The van der Waals surface area contributed by atoms with E-state index in [0.29, 0.717) is 12.2 Å². The SMILES string of the molecule is O=C(NCc1ccc(-n2cc(CO)nn2)cc1)C1CCCCC1. The molecular formula is C17H22N4O2. The molecule has 2 aromatic rings. The van der Waals surface area contributed by atoms with E-state index in [1.807, 2.05) is 24.3 Å². The van der Waals surface area contributed by atoms with Gasteiger partial charge in [0.05, 0.1) is 18.5 Å². The molecule has 6 heteroatoms. The van der Waals surface area contributed by atoms with Crippen LogP contribution in [0.15, 0.2) is 30.5 Å². The number of aliphatic hydroxyl groups excluding tert-OH is 1. The maximum atomic E-state index is 12.1. The van der Waals surface area contributed by atoms with E-state index >= 15 is 0 Å². The average molecular weight is 314 g/mol. The van der Waals surface area contributed by atoms with Gasteiger partial charge >= 0.3 is 0 Å². The summed E-state index contributed by atoms with van der Waals surface area (Å²) in [6.45, 7) is 0.431. The van der Waals surface area contributed by atoms with Crippen LogP contribution in [0.4, 0.5) is 0 Å². The normalized spacial score (nSPS) is 15.5. The van der Waals surface area contributed by atoms with Crippen LogP contribution in [-0.2, 0) is 17.9 Å². The molecule has 1 heterocycles. The summed E-state index contributed by atoms with van der Waals surface area (Å²) in [5.41, 5.74) is 2.47. The Labute approximate surface area is 135 Å². The first-order valence-electron chi connectivity index (χ1n) is 8.15. The maximum Gasteiger partial charge on any atom is 0.223 e. The third-order valence-electron chi connectivity index (χ3n) is 4.35. The maximum absolute atomic E-state index is 12.1. The van der Waals surface area contributed by atoms with Crippen molar-refractivity contribution in [1.82, 2.24) is 20.3 Å². The first-order chi connectivity index (χ1) is 11.3. The number of amides is 1. The number of aliphatic hydroxyl groups is 1. The van der Waals surface area contributed by atoms with E-state index in [1.165, 1.54) is 19.3 Å². The third-order valence-corrected chi connectivity index (χ3v) is 4.35. The number of benzene rings is 1. The van der Waals surface area contributed by atoms with Gasteiger partial charge in [-0.15, -0.1) is 5.10 Å². The lowest BCUT2D eigenvalue weighted by Gasteiger charge is -2.20. The lowest BCUT2D eigenvalue weighted by atomic mass is 9.88. The molecule has 2 N–H and O–H groups in total. The molecule has 6 nitrogen and oxygen atoms in total. The van der Waals surface area contributed by atoms with Gasteiger partial charge in [-0.05, 0) is 30.5 Å². The van der Waals surface area contributed by atoms with Crippen molar-refractivity contribution in [2.75, 3.05) is 0 Å². The summed E-state index contributed by atoms with van der Waals surface area (Å²) in [5, 5.41) is 19.9. The summed E-state index contributed by atoms with van der Waals surface area (Å²) in [7, 11) is 0. The highest BCUT2D eigenvalue weighted by molar-refractivity contribution is 5.78. The van der Waals surface area contributed by atoms with E-state index in [9.17, 15) is 4.79 Å². The van der Waals surface area contributed by atoms with E-state index in [-0.39, 0.29) is 18.4 Å². The molecule has 122 valence electrons. The second kappa shape index (κ2) is 7.37. The molecule has 0 unspecified atom stereocenters. The van der Waals surface area contributed by atoms with Crippen LogP contribution in [0.2, 0.25) is 0 Å². The number of nitrogens with zero attached hydrogens (tertiary/aromatic N) is 3. The van der Waals surface area contributed by atoms with Gasteiger partial charge in [0.1, 0.15) is 5.69 Å². The van der Waals surface area contributed by atoms with Gasteiger partial charge < -0.3 is 10.4 Å². The number of carbonyl (C=O) groups excluding carboxylic acids is 1. The molecule has 23 heavy (non-hydrogen) atoms. The zero-order valence-corrected chi connectivity index (χ0v) is 13.1. The fourth-order valence-electron chi connectivity index (χ4n) is 2.96. The van der Waals surface area contributed by atoms with Crippen LogP contribution in [0, 0.1) is 5.92 Å². The molecule has 0 spiro atoms. The molecule has 0 radical (unpaired) electrons. The summed E-state index contributed by atoms with van der Waals surface area (Å²) in [6.07, 6.45) is 7.32. The molecular weight excluding hydrogens is 292 g/mol. The van der Waals surface area contributed by atoms with Crippen LogP contribution in [0.3, 0.4) is 0 Å². The molecule has 1 aromatic heterocycles. The second-order valence-electron chi connectivity index (χ2n) is 6.03. The Kier molecular flexibility index (Phi) is 5.02. The Morgan fingerprint density at radius 1 is 1.22 bits per heavy atom. The Balaban J connectivity index is 1.55. The lowest BCUT2D eigenvalue weighted by Crippen LogP contribution is -2.31. The van der Waals surface area contributed by atoms with Crippen LogP contribution in [-0.4, -0.2) is 26.0 Å². The summed E-state index contributed by atoms with van der Waals surface area (Å²) in [4.78, 5) is 12.1. The van der Waals surface area contributed by atoms with Gasteiger partial charge in [0, 0.05) is 12.5 Å². The van der Waals surface area contributed by atoms with E-state index < -0.39 is 0 Å². The van der Waals surface area contributed by atoms with Crippen molar-refractivity contribution < 1.29 is 9.90 Å². The summed E-state index contributed by atoms with van der Waals surface area (Å²) < 4.78 is 1.62. The smallest absolute Gasteiger partial charge is 0.223 e. The van der Waals surface area contributed by atoms with Crippen LogP contribution < -0.4 is 5.32 Å². The first kappa shape index (κ1) is 15.7. The van der Waals surface area contributed by atoms with E-state index in [4.69, 9.17) is 5.11 Å². The Morgan fingerprint density at radius 2 is 1.96 bits per heavy atom. The predicted molar refractivity (Wildman–Crippen MR) is 85.7 cm³/mol. The third kappa shape index (κ3) is 3.96. The Bertz CT molecular complexity index is 645. The van der Waals surface area contributed by atoms with Gasteiger partial charge in [-0.1, -0.05) is 36.6 Å². The second-order valence-corrected chi connectivity index (χ2v) is 6.03. The summed E-state index contributed by atoms with van der Waals surface area (Å²) in [6, 6.07) is 7.80. The summed E-state index contributed by atoms with van der Waals surface area (Å²) >= 11 is 0. The number of nitrogens with one attached hydrogen (secondary N) is 1. The molecule has 1 fully saturated rings. The minimum Gasteiger partial charge on any atom is -0.390 e. The molecule has 0 aliphatic heterocycles. The van der Waals surface area contributed by atoms with Crippen LogP contribution in [0.25, 0.3) is 5.69 Å². The number of rotatable bonds is 5. The minimum atomic E-state index is -0.120. The first-order valence-corrected chi connectivity index (χ1v) is 8.15. The van der Waals surface area contributed by atoms with Crippen molar-refractivity contribution in [2.45, 2.75) is 45.3 Å². The monoisotopic (exact) mass is 314 g/mol. The fraction of sp³-hybridized carbons (Fsp3) is 0.471. The van der Waals surface area contributed by atoms with E-state index in [1.54, 1.807) is 10.9 Å². The van der Waals surface area contributed by atoms with Gasteiger partial charge in [-0.2, -0.15) is 0 Å². The molecule has 1 aromatic carbocycles. The lowest BCUT2D eigenvalue weighted by molar-refractivity contribution is -0.126. The molecule has 1 aliphatic rings. The van der Waals surface area contributed by atoms with Gasteiger partial charge in [0.25, 0.3) is 0 Å². The minimum absolute atomic E-state index is 0.120. The molecule has 1 amide bonds. The van der Waals surface area contributed by atoms with Crippen molar-refractivity contribution in [2.24, 2.45) is 5.92 Å². The highest BCUT2D eigenvalue weighted by Crippen LogP contribution is 2.23. The molecule has 1 aliphatic carbocycles. The fourth-order valence-corrected chi connectivity index (χ4v) is 2.96. The topological polar surface area (TPSA) is 80.0 Å². The largest absolute Gasteiger partial charge is 0.390 e. The standard InChI is InChI=1S/C17H22N4O2/c22-12-15-11-21(20-19-15)16-8-6-13(7-9-16)10-18-17(23)14-4-2-1-3-5-14/h6-9,11,14,22H,1-5,10,12H2,(H,18,23). The molecule has 1 saturated carbocycles. The molecule has 3 rings (SSSR count). The predicted octanol–water partition coefficient (Wildman–Crippen LogP) is 1.96. The van der Waals surface area contributed by atoms with Crippen LogP contribution in [0.5, 0.6) is 0 Å². The van der Waals surface area contributed by atoms with Crippen molar-refractivity contribution in [1.29, 1.82) is 0 Å². The highest BCUT2D eigenvalue weighted by Gasteiger charge is 2.20. The van der Waals surface area contributed by atoms with E-state index in [0.717, 1.165) is 24.1 Å². The van der Waals surface area contributed by atoms with Gasteiger partial charge in [-0.3, -0.25) is 4.79 Å². The molecule has 0 saturated heterocycles. The summed E-state index contributed by atoms with van der Waals surface area (Å²) in [5.74, 6) is 0.368. The van der Waals surface area contributed by atoms with Crippen molar-refractivity contribution in [3.05, 3.63) is 41.7 Å². The average Bonchev–Trinajstić information content (AvgIpc) is 3.10. The van der Waals surface area contributed by atoms with Crippen LogP contribution in [0.1, 0.15) is 43.4 Å².